The van der Waals surface area contributed by atoms with E-state index in [-0.39, 0.29) is 55.9 Å². The first-order valence-corrected chi connectivity index (χ1v) is 4.39. The van der Waals surface area contributed by atoms with Crippen molar-refractivity contribution in [1.29, 1.82) is 0 Å². The molecule has 15 heavy (non-hydrogen) atoms. The molecule has 1 rings (SSSR count). The van der Waals surface area contributed by atoms with E-state index >= 15 is 0 Å². The van der Waals surface area contributed by atoms with Gasteiger partial charge in [-0.2, -0.15) is 0 Å². The van der Waals surface area contributed by atoms with E-state index < -0.39 is 24.0 Å². The molecule has 0 N–H and O–H groups in total. The average molecular weight is 311 g/mol. The van der Waals surface area contributed by atoms with Gasteiger partial charge >= 0.3 is 58.4 Å². The molecule has 0 spiro atoms. The Morgan fingerprint density at radius 2 is 1.80 bits per heavy atom. The summed E-state index contributed by atoms with van der Waals surface area (Å²) in [6.45, 7) is -5.41. The van der Waals surface area contributed by atoms with Gasteiger partial charge in [-0.1, -0.05) is 0 Å². The van der Waals surface area contributed by atoms with Crippen LogP contribution in [-0.2, 0) is 0 Å². The zero-order valence-corrected chi connectivity index (χ0v) is 12.7. The molecule has 0 heterocycles. The predicted molar refractivity (Wildman–Crippen MR) is 49.4 cm³/mol. The molecule has 1 aromatic rings. The molecule has 0 saturated heterocycles. The number of ether oxygens (including phenoxy) is 1. The van der Waals surface area contributed by atoms with Crippen molar-refractivity contribution in [3.8, 4) is 5.75 Å². The average Bonchev–Trinajstić information content (AvgIpc) is 2.07. The summed E-state index contributed by atoms with van der Waals surface area (Å²) in [5.41, 5.74) is -1.33. The Balaban J connectivity index is 0.00000196. The Labute approximate surface area is 135 Å². The van der Waals surface area contributed by atoms with Crippen molar-refractivity contribution < 1.29 is 73.5 Å². The van der Waals surface area contributed by atoms with Gasteiger partial charge in [0.1, 0.15) is 5.82 Å². The molecule has 0 aliphatic rings. The van der Waals surface area contributed by atoms with Crippen molar-refractivity contribution in [2.75, 3.05) is 7.11 Å². The van der Waals surface area contributed by atoms with Crippen LogP contribution < -0.4 is 61.6 Å². The van der Waals surface area contributed by atoms with Crippen LogP contribution in [0.1, 0.15) is 0 Å². The summed E-state index contributed by atoms with van der Waals surface area (Å²) in [5, 5.41) is 0. The summed E-state index contributed by atoms with van der Waals surface area (Å²) >= 11 is 2.68. The van der Waals surface area contributed by atoms with Crippen LogP contribution in [0.15, 0.2) is 16.6 Å². The maximum atomic E-state index is 13.1. The van der Waals surface area contributed by atoms with E-state index in [1.54, 1.807) is 0 Å². The molecule has 0 aliphatic carbocycles. The maximum Gasteiger partial charge on any atom is 1.00 e. The summed E-state index contributed by atoms with van der Waals surface area (Å²) in [4.78, 5) is 0. The smallest absolute Gasteiger partial charge is 0.500 e. The fraction of sp³-hybridized carbons (Fsp3) is 0.143. The second kappa shape index (κ2) is 6.02. The number of hydrogen-bond donors (Lipinski definition) is 0. The molecule has 0 aromatic heterocycles. The van der Waals surface area contributed by atoms with Crippen molar-refractivity contribution in [2.24, 2.45) is 0 Å². The second-order valence-electron chi connectivity index (χ2n) is 2.55. The minimum atomic E-state index is -5.41. The van der Waals surface area contributed by atoms with Crippen molar-refractivity contribution in [3.05, 3.63) is 22.4 Å². The van der Waals surface area contributed by atoms with Crippen LogP contribution in [-0.4, -0.2) is 14.1 Å². The van der Waals surface area contributed by atoms with E-state index in [2.05, 4.69) is 20.7 Å². The van der Waals surface area contributed by atoms with Crippen LogP contribution in [0.25, 0.3) is 0 Å². The topological polar surface area (TPSA) is 9.23 Å². The van der Waals surface area contributed by atoms with Gasteiger partial charge in [0.25, 0.3) is 0 Å². The third-order valence-electron chi connectivity index (χ3n) is 1.64. The SMILES string of the molecule is COc1ccc(Br)c(F)c1[B-](F)(F)F.[K+]. The fourth-order valence-electron chi connectivity index (χ4n) is 1.03. The zero-order valence-electron chi connectivity index (χ0n) is 8.03. The van der Waals surface area contributed by atoms with Crippen LogP contribution in [0.2, 0.25) is 0 Å². The number of methoxy groups -OCH3 is 1. The number of halogens is 5. The first kappa shape index (κ1) is 15.9. The second-order valence-corrected chi connectivity index (χ2v) is 3.41. The van der Waals surface area contributed by atoms with Gasteiger partial charge in [0.15, 0.2) is 0 Å². The van der Waals surface area contributed by atoms with Gasteiger partial charge in [0.2, 0.25) is 0 Å². The molecule has 0 radical (unpaired) electrons. The number of benzene rings is 1. The van der Waals surface area contributed by atoms with Crippen molar-refractivity contribution in [3.63, 3.8) is 0 Å². The van der Waals surface area contributed by atoms with E-state index in [0.29, 0.717) is 0 Å². The van der Waals surface area contributed by atoms with Gasteiger partial charge in [-0.15, -0.1) is 0 Å². The maximum absolute atomic E-state index is 13.1. The van der Waals surface area contributed by atoms with E-state index in [4.69, 9.17) is 0 Å². The van der Waals surface area contributed by atoms with Crippen molar-refractivity contribution in [1.82, 2.24) is 0 Å². The molecule has 0 unspecified atom stereocenters. The molecular formula is C7H5BBrF4KO. The molecule has 8 heteroatoms. The summed E-state index contributed by atoms with van der Waals surface area (Å²) < 4.78 is 54.5. The van der Waals surface area contributed by atoms with Crippen LogP contribution >= 0.6 is 15.9 Å². The van der Waals surface area contributed by atoms with E-state index in [1.165, 1.54) is 6.07 Å². The third-order valence-corrected chi connectivity index (χ3v) is 2.25. The fourth-order valence-corrected chi connectivity index (χ4v) is 1.38. The predicted octanol–water partition coefficient (Wildman–Crippen LogP) is -0.345. The van der Waals surface area contributed by atoms with Gasteiger partial charge in [0, 0.05) is 0 Å². The Morgan fingerprint density at radius 3 is 2.20 bits per heavy atom. The van der Waals surface area contributed by atoms with Gasteiger partial charge in [-0.25, -0.2) is 4.39 Å². The van der Waals surface area contributed by atoms with Gasteiger partial charge in [-0.05, 0) is 33.5 Å². The van der Waals surface area contributed by atoms with Crippen LogP contribution in [0.3, 0.4) is 0 Å². The van der Waals surface area contributed by atoms with Crippen LogP contribution in [0.4, 0.5) is 17.3 Å². The largest absolute Gasteiger partial charge is 1.00 e. The summed E-state index contributed by atoms with van der Waals surface area (Å²) in [5.74, 6) is -1.84. The molecule has 0 saturated carbocycles. The molecule has 1 nitrogen and oxygen atoms in total. The van der Waals surface area contributed by atoms with Crippen molar-refractivity contribution in [2.45, 2.75) is 0 Å². The first-order chi connectivity index (χ1) is 6.38. The molecular weight excluding hydrogens is 306 g/mol. The molecule has 1 aromatic carbocycles. The molecule has 0 amide bonds. The molecule has 78 valence electrons. The molecule has 0 atom stereocenters. The van der Waals surface area contributed by atoms with E-state index in [9.17, 15) is 17.3 Å². The quantitative estimate of drug-likeness (QED) is 0.536. The minimum Gasteiger partial charge on any atom is -0.500 e. The summed E-state index contributed by atoms with van der Waals surface area (Å²) in [7, 11) is 1.06. The standard InChI is InChI=1S/C7H5BBrF4O.K/c1-14-5-3-2-4(9)7(10)6(5)8(11,12)13;/h2-3H,1H3;/q-1;+1. The minimum absolute atomic E-state index is 0. The van der Waals surface area contributed by atoms with Gasteiger partial charge in [-0.3, -0.25) is 0 Å². The van der Waals surface area contributed by atoms with Crippen molar-refractivity contribution >= 4 is 28.4 Å². The Morgan fingerprint density at radius 1 is 1.27 bits per heavy atom. The normalized spacial score (nSPS) is 10.8. The molecule has 0 fully saturated rings. The van der Waals surface area contributed by atoms with Gasteiger partial charge in [0.05, 0.1) is 17.3 Å². The van der Waals surface area contributed by atoms with E-state index in [0.717, 1.165) is 13.2 Å². The number of hydrogen-bond acceptors (Lipinski definition) is 1. The van der Waals surface area contributed by atoms with Gasteiger partial charge < -0.3 is 17.7 Å². The molecule has 0 aliphatic heterocycles. The van der Waals surface area contributed by atoms with Crippen LogP contribution in [0.5, 0.6) is 5.75 Å². The Bertz CT molecular complexity index is 358. The number of rotatable bonds is 2. The first-order valence-electron chi connectivity index (χ1n) is 3.59. The monoisotopic (exact) mass is 310 g/mol. The molecule has 0 bridgehead atoms. The summed E-state index contributed by atoms with van der Waals surface area (Å²) in [6, 6.07) is 2.23. The third kappa shape index (κ3) is 3.71. The van der Waals surface area contributed by atoms with E-state index in [1.807, 2.05) is 0 Å². The Kier molecular flexibility index (Phi) is 6.39. The van der Waals surface area contributed by atoms with Crippen LogP contribution in [0, 0.1) is 5.82 Å². The Hall–Kier alpha value is 0.921. The summed E-state index contributed by atoms with van der Waals surface area (Å²) in [6.07, 6.45) is 0. The zero-order chi connectivity index (χ0) is 10.9.